The van der Waals surface area contributed by atoms with Crippen LogP contribution in [0.4, 0.5) is 13.2 Å². The maximum absolute atomic E-state index is 13.0. The summed E-state index contributed by atoms with van der Waals surface area (Å²) >= 11 is 12.2. The number of phenols is 2. The molecule has 2 aromatic rings. The molecule has 1 amide bonds. The van der Waals surface area contributed by atoms with Crippen LogP contribution in [0.15, 0.2) is 12.3 Å². The van der Waals surface area contributed by atoms with Gasteiger partial charge in [0, 0.05) is 31.4 Å². The van der Waals surface area contributed by atoms with Crippen LogP contribution < -0.4 is 0 Å². The number of alkyl halides is 3. The Balaban J connectivity index is 0.00000154. The van der Waals surface area contributed by atoms with Crippen molar-refractivity contribution in [3.63, 3.8) is 0 Å². The Morgan fingerprint density at radius 2 is 1.64 bits per heavy atom. The molecule has 0 radical (unpaired) electrons. The molecule has 1 aliphatic rings. The molecule has 0 fully saturated rings. The van der Waals surface area contributed by atoms with E-state index in [2.05, 4.69) is 4.98 Å². The fraction of sp³-hybridized carbons (Fsp3) is 0.538. The molecule has 2 heterocycles. The third kappa shape index (κ3) is 7.65. The summed E-state index contributed by atoms with van der Waals surface area (Å²) in [6.45, 7) is 10.4. The van der Waals surface area contributed by atoms with Crippen molar-refractivity contribution in [1.29, 1.82) is 0 Å². The average Bonchev–Trinajstić information content (AvgIpc) is 2.88. The predicted octanol–water partition coefficient (Wildman–Crippen LogP) is 7.73. The largest absolute Gasteiger partial charge is 0.503 e. The highest BCUT2D eigenvalue weighted by atomic mass is 35.5. The number of amides is 1. The molecule has 202 valence electrons. The molecular formula is C26H35Cl2F3N2O3. The summed E-state index contributed by atoms with van der Waals surface area (Å²) < 4.78 is 38.9. The molecule has 1 aromatic heterocycles. The zero-order chi connectivity index (χ0) is 27.6. The molecule has 10 heteroatoms. The Bertz CT molecular complexity index is 1030. The van der Waals surface area contributed by atoms with Crippen LogP contribution in [0.25, 0.3) is 0 Å². The molecule has 0 saturated carbocycles. The van der Waals surface area contributed by atoms with Crippen molar-refractivity contribution in [2.24, 2.45) is 0 Å². The quantitative estimate of drug-likeness (QED) is 0.361. The van der Waals surface area contributed by atoms with E-state index < -0.39 is 23.2 Å². The number of hydrogen-bond acceptors (Lipinski definition) is 4. The number of phenolic OH excluding ortho intramolecular Hbond substituents is 2. The van der Waals surface area contributed by atoms with Gasteiger partial charge in [-0.05, 0) is 48.4 Å². The second-order valence-corrected chi connectivity index (χ2v) is 8.53. The Morgan fingerprint density at radius 3 is 2.19 bits per heavy atom. The molecule has 0 atom stereocenters. The Kier molecular flexibility index (Phi) is 12.8. The first-order chi connectivity index (χ1) is 17.0. The third-order valence-electron chi connectivity index (χ3n) is 5.58. The summed E-state index contributed by atoms with van der Waals surface area (Å²) in [5, 5.41) is 19.8. The highest BCUT2D eigenvalue weighted by molar-refractivity contribution is 6.36. The maximum atomic E-state index is 13.0. The van der Waals surface area contributed by atoms with Gasteiger partial charge in [0.05, 0.1) is 15.6 Å². The van der Waals surface area contributed by atoms with Gasteiger partial charge >= 0.3 is 6.18 Å². The second kappa shape index (κ2) is 14.5. The number of rotatable bonds is 6. The van der Waals surface area contributed by atoms with E-state index in [0.717, 1.165) is 12.3 Å². The summed E-state index contributed by atoms with van der Waals surface area (Å²) in [6, 6.07) is 1.14. The van der Waals surface area contributed by atoms with Crippen LogP contribution in [0.1, 0.15) is 81.8 Å². The lowest BCUT2D eigenvalue weighted by Crippen LogP contribution is -2.36. The maximum Gasteiger partial charge on any atom is 0.417 e. The lowest BCUT2D eigenvalue weighted by atomic mass is 9.97. The Labute approximate surface area is 221 Å². The predicted molar refractivity (Wildman–Crippen MR) is 138 cm³/mol. The Hall–Kier alpha value is -2.19. The highest BCUT2D eigenvalue weighted by Crippen LogP contribution is 2.46. The zero-order valence-corrected chi connectivity index (χ0v) is 22.9. The third-order valence-corrected chi connectivity index (χ3v) is 6.39. The van der Waals surface area contributed by atoms with Gasteiger partial charge in [-0.2, -0.15) is 13.2 Å². The van der Waals surface area contributed by atoms with Crippen molar-refractivity contribution in [1.82, 2.24) is 9.88 Å². The second-order valence-electron chi connectivity index (χ2n) is 7.78. The first kappa shape index (κ1) is 31.8. The molecular weight excluding hydrogens is 516 g/mol. The van der Waals surface area contributed by atoms with Crippen LogP contribution in [0.2, 0.25) is 10.0 Å². The minimum absolute atomic E-state index is 0.0300. The van der Waals surface area contributed by atoms with Crippen LogP contribution in [-0.4, -0.2) is 32.5 Å². The molecule has 36 heavy (non-hydrogen) atoms. The summed E-state index contributed by atoms with van der Waals surface area (Å²) in [5.74, 6) is -1.12. The summed E-state index contributed by atoms with van der Waals surface area (Å²) in [4.78, 5) is 18.3. The van der Waals surface area contributed by atoms with Gasteiger partial charge in [0.2, 0.25) is 5.91 Å². The number of hydrogen-bond donors (Lipinski definition) is 2. The van der Waals surface area contributed by atoms with E-state index in [1.54, 1.807) is 4.90 Å². The number of carbonyl (C=O) groups excluding carboxylic acids is 1. The Morgan fingerprint density at radius 1 is 1.06 bits per heavy atom. The standard InChI is InChI=1S/C22H23Cl2F3N2O3.2C2H6/c1-2-4-12-9-13(22(25,26)27)10-28-16(12)5-3-6-17(30)29-8-7-14-15(11-29)19(24)21(32)20(31)18(14)23;2*1-2/h9-10,31-32H,2-8,11H2,1H3;2*1-2H3. The number of aryl methyl sites for hydroxylation is 2. The molecule has 0 saturated heterocycles. The van der Waals surface area contributed by atoms with Gasteiger partial charge in [-0.15, -0.1) is 0 Å². The van der Waals surface area contributed by atoms with Crippen molar-refractivity contribution in [3.05, 3.63) is 50.3 Å². The van der Waals surface area contributed by atoms with Gasteiger partial charge < -0.3 is 15.1 Å². The van der Waals surface area contributed by atoms with Gasteiger partial charge in [0.1, 0.15) is 0 Å². The highest BCUT2D eigenvalue weighted by Gasteiger charge is 2.32. The molecule has 3 rings (SSSR count). The first-order valence-corrected chi connectivity index (χ1v) is 13.0. The van der Waals surface area contributed by atoms with E-state index in [9.17, 15) is 28.2 Å². The number of pyridine rings is 1. The fourth-order valence-corrected chi connectivity index (χ4v) is 4.44. The number of fused-ring (bicyclic) bond motifs is 1. The summed E-state index contributed by atoms with van der Waals surface area (Å²) in [5.41, 5.74) is 1.47. The molecule has 0 unspecified atom stereocenters. The van der Waals surface area contributed by atoms with Crippen LogP contribution >= 0.6 is 23.2 Å². The monoisotopic (exact) mass is 550 g/mol. The topological polar surface area (TPSA) is 73.7 Å². The molecule has 5 nitrogen and oxygen atoms in total. The van der Waals surface area contributed by atoms with Crippen molar-refractivity contribution in [2.45, 2.75) is 85.9 Å². The molecule has 0 bridgehead atoms. The van der Waals surface area contributed by atoms with Gasteiger partial charge in [0.25, 0.3) is 0 Å². The molecule has 1 aliphatic heterocycles. The van der Waals surface area contributed by atoms with Crippen molar-refractivity contribution >= 4 is 29.1 Å². The van der Waals surface area contributed by atoms with E-state index in [4.69, 9.17) is 23.2 Å². The van der Waals surface area contributed by atoms with E-state index in [1.165, 1.54) is 0 Å². The summed E-state index contributed by atoms with van der Waals surface area (Å²) in [6.07, 6.45) is -1.02. The lowest BCUT2D eigenvalue weighted by molar-refractivity contribution is -0.138. The van der Waals surface area contributed by atoms with Crippen LogP contribution in [0, 0.1) is 0 Å². The van der Waals surface area contributed by atoms with E-state index >= 15 is 0 Å². The fourth-order valence-electron chi connectivity index (χ4n) is 3.88. The SMILES string of the molecule is CC.CC.CCCc1cc(C(F)(F)F)cnc1CCCC(=O)N1CCc2c(Cl)c(O)c(O)c(Cl)c2C1. The van der Waals surface area contributed by atoms with Gasteiger partial charge in [-0.1, -0.05) is 64.2 Å². The average molecular weight is 551 g/mol. The molecule has 2 N–H and O–H groups in total. The number of nitrogens with zero attached hydrogens (tertiary/aromatic N) is 2. The van der Waals surface area contributed by atoms with Crippen molar-refractivity contribution in [3.8, 4) is 11.5 Å². The number of benzene rings is 1. The number of aromatic nitrogens is 1. The van der Waals surface area contributed by atoms with Crippen LogP contribution in [-0.2, 0) is 36.8 Å². The number of halogens is 5. The van der Waals surface area contributed by atoms with E-state index in [0.29, 0.717) is 61.0 Å². The van der Waals surface area contributed by atoms with E-state index in [-0.39, 0.29) is 28.9 Å². The minimum Gasteiger partial charge on any atom is -0.503 e. The van der Waals surface area contributed by atoms with Crippen LogP contribution in [0.5, 0.6) is 11.5 Å². The van der Waals surface area contributed by atoms with Gasteiger partial charge in [-0.25, -0.2) is 0 Å². The molecule has 0 spiro atoms. The first-order valence-electron chi connectivity index (χ1n) is 12.3. The number of aromatic hydroxyl groups is 2. The smallest absolute Gasteiger partial charge is 0.417 e. The van der Waals surface area contributed by atoms with Gasteiger partial charge in [0.15, 0.2) is 11.5 Å². The molecule has 0 aliphatic carbocycles. The van der Waals surface area contributed by atoms with Crippen molar-refractivity contribution < 1.29 is 28.2 Å². The van der Waals surface area contributed by atoms with Crippen molar-refractivity contribution in [2.75, 3.05) is 6.54 Å². The normalized spacial score (nSPS) is 12.7. The lowest BCUT2D eigenvalue weighted by Gasteiger charge is -2.30. The minimum atomic E-state index is -4.44. The van der Waals surface area contributed by atoms with Gasteiger partial charge in [-0.3, -0.25) is 9.78 Å². The van der Waals surface area contributed by atoms with Crippen LogP contribution in [0.3, 0.4) is 0 Å². The number of carbonyl (C=O) groups is 1. The van der Waals surface area contributed by atoms with E-state index in [1.807, 2.05) is 34.6 Å². The molecule has 1 aromatic carbocycles. The zero-order valence-electron chi connectivity index (χ0n) is 21.4. The summed E-state index contributed by atoms with van der Waals surface area (Å²) in [7, 11) is 0.